The Hall–Kier alpha value is -1.57. The molecular weight excluding hydrogens is 234 g/mol. The fourth-order valence-corrected chi connectivity index (χ4v) is 3.29. The van der Waals surface area contributed by atoms with Crippen molar-refractivity contribution in [1.29, 1.82) is 0 Å². The maximum atomic E-state index is 12.6. The van der Waals surface area contributed by atoms with E-state index in [1.54, 1.807) is 0 Å². The minimum atomic E-state index is 0.208. The number of carbonyl (C=O) groups is 1. The van der Waals surface area contributed by atoms with E-state index >= 15 is 0 Å². The van der Waals surface area contributed by atoms with Gasteiger partial charge in [-0.05, 0) is 43.4 Å². The minimum Gasteiger partial charge on any atom is -0.329 e. The number of hydrogen-bond acceptors (Lipinski definition) is 1. The molecule has 0 radical (unpaired) electrons. The third kappa shape index (κ3) is 2.32. The van der Waals surface area contributed by atoms with Crippen molar-refractivity contribution in [3.05, 3.63) is 47.5 Å². The molecule has 1 aromatic carbocycles. The maximum Gasteiger partial charge on any atom is 0.254 e. The van der Waals surface area contributed by atoms with Crippen molar-refractivity contribution in [2.24, 2.45) is 0 Å². The summed E-state index contributed by atoms with van der Waals surface area (Å²) in [6.07, 6.45) is 9.97. The molecule has 1 fully saturated rings. The van der Waals surface area contributed by atoms with E-state index in [0.717, 1.165) is 37.7 Å². The summed E-state index contributed by atoms with van der Waals surface area (Å²) in [6.45, 7) is 2.18. The summed E-state index contributed by atoms with van der Waals surface area (Å²) < 4.78 is 0. The Kier molecular flexibility index (Phi) is 3.41. The topological polar surface area (TPSA) is 20.3 Å². The average Bonchev–Trinajstić information content (AvgIpc) is 2.68. The van der Waals surface area contributed by atoms with Crippen LogP contribution in [0.1, 0.15) is 48.5 Å². The van der Waals surface area contributed by atoms with Gasteiger partial charge in [-0.3, -0.25) is 4.79 Å². The highest BCUT2D eigenvalue weighted by Gasteiger charge is 2.37. The molecular formula is C17H21NO. The first-order valence-corrected chi connectivity index (χ1v) is 7.38. The molecule has 0 aromatic heterocycles. The molecule has 2 aliphatic heterocycles. The van der Waals surface area contributed by atoms with Crippen molar-refractivity contribution in [2.45, 2.75) is 51.1 Å². The molecule has 2 nitrogen and oxygen atoms in total. The van der Waals surface area contributed by atoms with E-state index in [9.17, 15) is 4.79 Å². The quantitative estimate of drug-likeness (QED) is 0.756. The highest BCUT2D eigenvalue weighted by Crippen LogP contribution is 2.32. The third-order valence-electron chi connectivity index (χ3n) is 4.29. The SMILES string of the molecule is CCCc1ccc(C(=O)N2C3C=CCC2CC3)cc1. The van der Waals surface area contributed by atoms with Crippen LogP contribution in [-0.2, 0) is 6.42 Å². The third-order valence-corrected chi connectivity index (χ3v) is 4.29. The van der Waals surface area contributed by atoms with Crippen molar-refractivity contribution in [1.82, 2.24) is 4.90 Å². The monoisotopic (exact) mass is 255 g/mol. The molecule has 0 spiro atoms. The van der Waals surface area contributed by atoms with Crippen molar-refractivity contribution < 1.29 is 4.79 Å². The maximum absolute atomic E-state index is 12.6. The van der Waals surface area contributed by atoms with E-state index in [-0.39, 0.29) is 5.91 Å². The first-order valence-electron chi connectivity index (χ1n) is 7.38. The van der Waals surface area contributed by atoms with Crippen LogP contribution in [0.2, 0.25) is 0 Å². The fraction of sp³-hybridized carbons (Fsp3) is 0.471. The van der Waals surface area contributed by atoms with Crippen molar-refractivity contribution in [3.63, 3.8) is 0 Å². The van der Waals surface area contributed by atoms with Crippen LogP contribution >= 0.6 is 0 Å². The molecule has 3 rings (SSSR count). The number of carbonyl (C=O) groups excluding carboxylic acids is 1. The molecule has 100 valence electrons. The molecule has 2 atom stereocenters. The summed E-state index contributed by atoms with van der Waals surface area (Å²) in [5.41, 5.74) is 2.16. The van der Waals surface area contributed by atoms with Gasteiger partial charge in [-0.2, -0.15) is 0 Å². The van der Waals surface area contributed by atoms with E-state index < -0.39 is 0 Å². The van der Waals surface area contributed by atoms with Gasteiger partial charge in [-0.1, -0.05) is 37.6 Å². The van der Waals surface area contributed by atoms with Gasteiger partial charge >= 0.3 is 0 Å². The van der Waals surface area contributed by atoms with E-state index in [2.05, 4.69) is 36.1 Å². The zero-order valence-electron chi connectivity index (χ0n) is 11.5. The Morgan fingerprint density at radius 3 is 2.74 bits per heavy atom. The van der Waals surface area contributed by atoms with Crippen LogP contribution in [0.5, 0.6) is 0 Å². The van der Waals surface area contributed by atoms with Gasteiger partial charge in [-0.25, -0.2) is 0 Å². The molecule has 2 aliphatic rings. The van der Waals surface area contributed by atoms with E-state index in [0.29, 0.717) is 12.1 Å². The molecule has 1 amide bonds. The van der Waals surface area contributed by atoms with Gasteiger partial charge in [0, 0.05) is 11.6 Å². The molecule has 1 saturated heterocycles. The van der Waals surface area contributed by atoms with Gasteiger partial charge < -0.3 is 4.90 Å². The predicted octanol–water partition coefficient (Wildman–Crippen LogP) is 3.57. The van der Waals surface area contributed by atoms with Gasteiger partial charge in [0.15, 0.2) is 0 Å². The van der Waals surface area contributed by atoms with Crippen LogP contribution in [0.25, 0.3) is 0 Å². The van der Waals surface area contributed by atoms with Crippen LogP contribution in [0.3, 0.4) is 0 Å². The van der Waals surface area contributed by atoms with Crippen LogP contribution in [0.15, 0.2) is 36.4 Å². The lowest BCUT2D eigenvalue weighted by atomic mass is 10.0. The second kappa shape index (κ2) is 5.20. The van der Waals surface area contributed by atoms with E-state index in [1.807, 2.05) is 12.1 Å². The summed E-state index contributed by atoms with van der Waals surface area (Å²) in [4.78, 5) is 14.7. The second-order valence-electron chi connectivity index (χ2n) is 5.62. The molecule has 2 heterocycles. The van der Waals surface area contributed by atoms with Crippen LogP contribution in [-0.4, -0.2) is 22.9 Å². The normalized spacial score (nSPS) is 24.8. The summed E-state index contributed by atoms with van der Waals surface area (Å²) in [7, 11) is 0. The van der Waals surface area contributed by atoms with Crippen LogP contribution in [0.4, 0.5) is 0 Å². The largest absolute Gasteiger partial charge is 0.329 e. The van der Waals surface area contributed by atoms with Gasteiger partial charge in [0.2, 0.25) is 0 Å². The molecule has 0 N–H and O–H groups in total. The molecule has 1 aromatic rings. The predicted molar refractivity (Wildman–Crippen MR) is 77.2 cm³/mol. The second-order valence-corrected chi connectivity index (χ2v) is 5.62. The Bertz CT molecular complexity index is 488. The number of fused-ring (bicyclic) bond motifs is 2. The number of benzene rings is 1. The number of nitrogens with zero attached hydrogens (tertiary/aromatic N) is 1. The Labute approximate surface area is 115 Å². The molecule has 2 bridgehead atoms. The highest BCUT2D eigenvalue weighted by molar-refractivity contribution is 5.95. The number of rotatable bonds is 3. The van der Waals surface area contributed by atoms with E-state index in [1.165, 1.54) is 5.56 Å². The van der Waals surface area contributed by atoms with Gasteiger partial charge in [0.25, 0.3) is 5.91 Å². The molecule has 19 heavy (non-hydrogen) atoms. The van der Waals surface area contributed by atoms with Gasteiger partial charge in [-0.15, -0.1) is 0 Å². The molecule has 2 heteroatoms. The summed E-state index contributed by atoms with van der Waals surface area (Å²) in [5, 5.41) is 0. The molecule has 2 unspecified atom stereocenters. The summed E-state index contributed by atoms with van der Waals surface area (Å²) >= 11 is 0. The number of hydrogen-bond donors (Lipinski definition) is 0. The highest BCUT2D eigenvalue weighted by atomic mass is 16.2. The van der Waals surface area contributed by atoms with Crippen molar-refractivity contribution in [3.8, 4) is 0 Å². The van der Waals surface area contributed by atoms with Crippen LogP contribution in [0, 0.1) is 0 Å². The standard InChI is InChI=1S/C17H21NO/c1-2-4-13-7-9-14(10-8-13)17(19)18-15-5-3-6-16(18)12-11-15/h3,5,7-10,15-16H,2,4,6,11-12H2,1H3. The molecule has 0 aliphatic carbocycles. The van der Waals surface area contributed by atoms with E-state index in [4.69, 9.17) is 0 Å². The number of amides is 1. The lowest BCUT2D eigenvalue weighted by molar-refractivity contribution is 0.0689. The first-order chi connectivity index (χ1) is 9.29. The lowest BCUT2D eigenvalue weighted by Crippen LogP contribution is -2.42. The summed E-state index contributed by atoms with van der Waals surface area (Å²) in [6, 6.07) is 8.94. The average molecular weight is 255 g/mol. The Balaban J connectivity index is 1.78. The fourth-order valence-electron chi connectivity index (χ4n) is 3.29. The number of aryl methyl sites for hydroxylation is 1. The Morgan fingerprint density at radius 2 is 2.05 bits per heavy atom. The zero-order chi connectivity index (χ0) is 13.2. The summed E-state index contributed by atoms with van der Waals surface area (Å²) in [5.74, 6) is 0.208. The lowest BCUT2D eigenvalue weighted by Gasteiger charge is -2.31. The first kappa shape index (κ1) is 12.5. The zero-order valence-corrected chi connectivity index (χ0v) is 11.5. The smallest absolute Gasteiger partial charge is 0.254 e. The van der Waals surface area contributed by atoms with Gasteiger partial charge in [0.05, 0.1) is 6.04 Å². The van der Waals surface area contributed by atoms with Crippen molar-refractivity contribution >= 4 is 5.91 Å². The Morgan fingerprint density at radius 1 is 1.26 bits per heavy atom. The molecule has 0 saturated carbocycles. The van der Waals surface area contributed by atoms with Crippen LogP contribution < -0.4 is 0 Å². The van der Waals surface area contributed by atoms with Gasteiger partial charge in [0.1, 0.15) is 0 Å². The van der Waals surface area contributed by atoms with Crippen molar-refractivity contribution in [2.75, 3.05) is 0 Å². The minimum absolute atomic E-state index is 0.208.